The van der Waals surface area contributed by atoms with E-state index in [9.17, 15) is 0 Å². The Morgan fingerprint density at radius 1 is 1.35 bits per heavy atom. The smallest absolute Gasteiger partial charge is 0.0349 e. The number of nitrogens with one attached hydrogen (secondary N) is 1. The van der Waals surface area contributed by atoms with Gasteiger partial charge in [-0.25, -0.2) is 0 Å². The van der Waals surface area contributed by atoms with Gasteiger partial charge >= 0.3 is 0 Å². The molecule has 1 aromatic rings. The van der Waals surface area contributed by atoms with Crippen molar-refractivity contribution in [3.63, 3.8) is 0 Å². The van der Waals surface area contributed by atoms with E-state index in [1.165, 1.54) is 24.0 Å². The average Bonchev–Trinajstić information content (AvgIpc) is 2.26. The molecule has 0 aliphatic heterocycles. The topological polar surface area (TPSA) is 38.0 Å². The maximum absolute atomic E-state index is 5.97. The first-order valence-electron chi connectivity index (χ1n) is 5.91. The fourth-order valence-electron chi connectivity index (χ4n) is 2.36. The first-order valence-corrected chi connectivity index (χ1v) is 5.91. The SMILES string of the molecule is CCCN[C@H]1CCc2c(N)cccc2C1.Cl.Cl. The van der Waals surface area contributed by atoms with Crippen LogP contribution in [0.5, 0.6) is 0 Å². The Morgan fingerprint density at radius 2 is 2.12 bits per heavy atom. The number of benzene rings is 1. The van der Waals surface area contributed by atoms with Crippen LogP contribution in [-0.4, -0.2) is 12.6 Å². The standard InChI is InChI=1S/C13H20N2.2ClH/c1-2-8-15-11-6-7-12-10(9-11)4-3-5-13(12)14;;/h3-5,11,15H,2,6-9,14H2,1H3;2*1H/t11-;;/m0../s1. The number of anilines is 1. The van der Waals surface area contributed by atoms with Crippen molar-refractivity contribution in [3.8, 4) is 0 Å². The van der Waals surface area contributed by atoms with Crippen LogP contribution in [0.4, 0.5) is 5.69 Å². The minimum Gasteiger partial charge on any atom is -0.398 e. The van der Waals surface area contributed by atoms with Gasteiger partial charge in [0.05, 0.1) is 0 Å². The van der Waals surface area contributed by atoms with E-state index in [0.717, 1.165) is 25.1 Å². The highest BCUT2D eigenvalue weighted by molar-refractivity contribution is 5.85. The molecular weight excluding hydrogens is 255 g/mol. The van der Waals surface area contributed by atoms with E-state index in [1.807, 2.05) is 6.07 Å². The summed E-state index contributed by atoms with van der Waals surface area (Å²) in [5.41, 5.74) is 9.76. The van der Waals surface area contributed by atoms with Gasteiger partial charge in [-0.2, -0.15) is 0 Å². The molecule has 2 nitrogen and oxygen atoms in total. The molecule has 0 fully saturated rings. The van der Waals surface area contributed by atoms with Crippen LogP contribution >= 0.6 is 24.8 Å². The molecule has 98 valence electrons. The third kappa shape index (κ3) is 4.06. The van der Waals surface area contributed by atoms with E-state index in [1.54, 1.807) is 0 Å². The summed E-state index contributed by atoms with van der Waals surface area (Å²) in [5.74, 6) is 0. The van der Waals surface area contributed by atoms with Gasteiger partial charge in [0.25, 0.3) is 0 Å². The average molecular weight is 277 g/mol. The second-order valence-corrected chi connectivity index (χ2v) is 4.38. The normalized spacial score (nSPS) is 17.6. The quantitative estimate of drug-likeness (QED) is 0.834. The zero-order valence-corrected chi connectivity index (χ0v) is 11.9. The molecule has 1 atom stereocenters. The summed E-state index contributed by atoms with van der Waals surface area (Å²) < 4.78 is 0. The largest absolute Gasteiger partial charge is 0.398 e. The van der Waals surface area contributed by atoms with Crippen molar-refractivity contribution in [1.82, 2.24) is 5.32 Å². The molecule has 0 saturated heterocycles. The number of hydrogen-bond donors (Lipinski definition) is 2. The molecule has 0 aromatic heterocycles. The van der Waals surface area contributed by atoms with Crippen molar-refractivity contribution < 1.29 is 0 Å². The highest BCUT2D eigenvalue weighted by Crippen LogP contribution is 2.25. The van der Waals surface area contributed by atoms with Crippen molar-refractivity contribution >= 4 is 30.5 Å². The highest BCUT2D eigenvalue weighted by atomic mass is 35.5. The summed E-state index contributed by atoms with van der Waals surface area (Å²) in [6, 6.07) is 6.94. The van der Waals surface area contributed by atoms with Gasteiger partial charge in [-0.05, 0) is 49.4 Å². The molecule has 1 aliphatic carbocycles. The third-order valence-corrected chi connectivity index (χ3v) is 3.20. The van der Waals surface area contributed by atoms with E-state index >= 15 is 0 Å². The number of fused-ring (bicyclic) bond motifs is 1. The molecule has 0 saturated carbocycles. The molecule has 4 heteroatoms. The Labute approximate surface area is 116 Å². The van der Waals surface area contributed by atoms with Gasteiger partial charge in [-0.3, -0.25) is 0 Å². The molecule has 0 heterocycles. The molecule has 0 spiro atoms. The number of hydrogen-bond acceptors (Lipinski definition) is 2. The van der Waals surface area contributed by atoms with E-state index in [-0.39, 0.29) is 24.8 Å². The molecule has 0 unspecified atom stereocenters. The summed E-state index contributed by atoms with van der Waals surface area (Å²) in [6.45, 7) is 3.34. The summed E-state index contributed by atoms with van der Waals surface area (Å²) in [5, 5.41) is 3.59. The number of rotatable bonds is 3. The van der Waals surface area contributed by atoms with Gasteiger partial charge in [-0.1, -0.05) is 19.1 Å². The second-order valence-electron chi connectivity index (χ2n) is 4.38. The zero-order chi connectivity index (χ0) is 10.7. The molecular formula is C13H22Cl2N2. The summed E-state index contributed by atoms with van der Waals surface area (Å²) in [4.78, 5) is 0. The monoisotopic (exact) mass is 276 g/mol. The zero-order valence-electron chi connectivity index (χ0n) is 10.2. The van der Waals surface area contributed by atoms with Crippen molar-refractivity contribution in [2.45, 2.75) is 38.6 Å². The van der Waals surface area contributed by atoms with Crippen LogP contribution in [0, 0.1) is 0 Å². The second kappa shape index (κ2) is 7.80. The van der Waals surface area contributed by atoms with Crippen LogP contribution in [0.15, 0.2) is 18.2 Å². The van der Waals surface area contributed by atoms with Gasteiger partial charge in [0.2, 0.25) is 0 Å². The van der Waals surface area contributed by atoms with Crippen molar-refractivity contribution in [3.05, 3.63) is 29.3 Å². The predicted octanol–water partition coefficient (Wildman–Crippen LogP) is 2.97. The van der Waals surface area contributed by atoms with Gasteiger partial charge in [0.1, 0.15) is 0 Å². The molecule has 0 amide bonds. The molecule has 1 aromatic carbocycles. The molecule has 2 rings (SSSR count). The van der Waals surface area contributed by atoms with Crippen molar-refractivity contribution in [1.29, 1.82) is 0 Å². The maximum atomic E-state index is 5.97. The van der Waals surface area contributed by atoms with Gasteiger partial charge < -0.3 is 11.1 Å². The van der Waals surface area contributed by atoms with E-state index in [0.29, 0.717) is 6.04 Å². The van der Waals surface area contributed by atoms with Crippen LogP contribution in [0.1, 0.15) is 30.9 Å². The lowest BCUT2D eigenvalue weighted by atomic mass is 9.87. The van der Waals surface area contributed by atoms with Crippen molar-refractivity contribution in [2.24, 2.45) is 0 Å². The molecule has 0 radical (unpaired) electrons. The number of nitrogen functional groups attached to an aromatic ring is 1. The maximum Gasteiger partial charge on any atom is 0.0349 e. The molecule has 3 N–H and O–H groups in total. The van der Waals surface area contributed by atoms with Crippen LogP contribution in [0.2, 0.25) is 0 Å². The van der Waals surface area contributed by atoms with E-state index < -0.39 is 0 Å². The Bertz CT molecular complexity index is 342. The van der Waals surface area contributed by atoms with Crippen LogP contribution in [-0.2, 0) is 12.8 Å². The van der Waals surface area contributed by atoms with Gasteiger partial charge in [-0.15, -0.1) is 24.8 Å². The Morgan fingerprint density at radius 3 is 2.82 bits per heavy atom. The Balaban J connectivity index is 0.00000128. The molecule has 17 heavy (non-hydrogen) atoms. The van der Waals surface area contributed by atoms with Crippen LogP contribution in [0.25, 0.3) is 0 Å². The third-order valence-electron chi connectivity index (χ3n) is 3.20. The Kier molecular flexibility index (Phi) is 7.60. The van der Waals surface area contributed by atoms with Crippen LogP contribution in [0.3, 0.4) is 0 Å². The number of halogens is 2. The minimum absolute atomic E-state index is 0. The first-order chi connectivity index (χ1) is 7.31. The van der Waals surface area contributed by atoms with Crippen LogP contribution < -0.4 is 11.1 Å². The highest BCUT2D eigenvalue weighted by Gasteiger charge is 2.18. The lowest BCUT2D eigenvalue weighted by molar-refractivity contribution is 0.459. The summed E-state index contributed by atoms with van der Waals surface area (Å²) >= 11 is 0. The fraction of sp³-hybridized carbons (Fsp3) is 0.538. The summed E-state index contributed by atoms with van der Waals surface area (Å²) in [7, 11) is 0. The lowest BCUT2D eigenvalue weighted by Crippen LogP contribution is -2.35. The lowest BCUT2D eigenvalue weighted by Gasteiger charge is -2.26. The van der Waals surface area contributed by atoms with Crippen molar-refractivity contribution in [2.75, 3.05) is 12.3 Å². The first kappa shape index (κ1) is 16.6. The summed E-state index contributed by atoms with van der Waals surface area (Å²) in [6.07, 6.45) is 4.70. The minimum atomic E-state index is 0. The Hall–Kier alpha value is -0.440. The number of nitrogens with two attached hydrogens (primary N) is 1. The van der Waals surface area contributed by atoms with Gasteiger partial charge in [0, 0.05) is 11.7 Å². The van der Waals surface area contributed by atoms with E-state index in [2.05, 4.69) is 24.4 Å². The van der Waals surface area contributed by atoms with E-state index in [4.69, 9.17) is 5.73 Å². The fourth-order valence-corrected chi connectivity index (χ4v) is 2.36. The molecule has 0 bridgehead atoms. The molecule has 1 aliphatic rings. The van der Waals surface area contributed by atoms with Gasteiger partial charge in [0.15, 0.2) is 0 Å². The predicted molar refractivity (Wildman–Crippen MR) is 79.5 cm³/mol.